The smallest absolute Gasteiger partial charge is 0.475 e. The SMILES string of the molecule is O=C(Cc1cccs1)N1CC[C@H]2CO[C@H](CN3CCCC3)[C@H]2C1.O=C(O)C(F)(F)F. The number of hydrogen-bond acceptors (Lipinski definition) is 5. The number of amides is 1. The topological polar surface area (TPSA) is 70.1 Å². The van der Waals surface area contributed by atoms with Crippen LogP contribution in [0.4, 0.5) is 13.2 Å². The lowest BCUT2D eigenvalue weighted by Crippen LogP contribution is -2.47. The van der Waals surface area contributed by atoms with Gasteiger partial charge >= 0.3 is 12.1 Å². The maximum Gasteiger partial charge on any atom is 0.490 e. The quantitative estimate of drug-likeness (QED) is 0.767. The molecular weight excluding hydrogens is 421 g/mol. The van der Waals surface area contributed by atoms with Crippen molar-refractivity contribution in [2.24, 2.45) is 11.8 Å². The Hall–Kier alpha value is -1.65. The number of nitrogens with zero attached hydrogens (tertiary/aromatic N) is 2. The van der Waals surface area contributed by atoms with Crippen LogP contribution in [0.3, 0.4) is 0 Å². The summed E-state index contributed by atoms with van der Waals surface area (Å²) < 4.78 is 37.9. The summed E-state index contributed by atoms with van der Waals surface area (Å²) in [6.07, 6.45) is -0.432. The van der Waals surface area contributed by atoms with Crippen LogP contribution in [0.25, 0.3) is 0 Å². The number of ether oxygens (including phenoxy) is 1. The van der Waals surface area contributed by atoms with Crippen LogP contribution < -0.4 is 0 Å². The molecule has 168 valence electrons. The van der Waals surface area contributed by atoms with Gasteiger partial charge in [-0.2, -0.15) is 13.2 Å². The van der Waals surface area contributed by atoms with Crippen LogP contribution >= 0.6 is 11.3 Å². The number of thiophene rings is 1. The Bertz CT molecular complexity index is 707. The molecule has 1 aromatic rings. The van der Waals surface area contributed by atoms with Gasteiger partial charge in [-0.15, -0.1) is 11.3 Å². The number of alkyl halides is 3. The van der Waals surface area contributed by atoms with Crippen molar-refractivity contribution < 1.29 is 32.6 Å². The lowest BCUT2D eigenvalue weighted by atomic mass is 9.84. The molecule has 3 aliphatic heterocycles. The first-order valence-corrected chi connectivity index (χ1v) is 11.1. The molecule has 0 bridgehead atoms. The van der Waals surface area contributed by atoms with Crippen molar-refractivity contribution in [3.8, 4) is 0 Å². The van der Waals surface area contributed by atoms with Crippen LogP contribution in [0.1, 0.15) is 24.1 Å². The maximum absolute atomic E-state index is 12.6. The Kier molecular flexibility index (Phi) is 7.75. The number of carbonyl (C=O) groups is 2. The summed E-state index contributed by atoms with van der Waals surface area (Å²) in [6, 6.07) is 4.08. The molecule has 0 aliphatic carbocycles. The molecule has 0 spiro atoms. The van der Waals surface area contributed by atoms with Gasteiger partial charge in [-0.25, -0.2) is 4.79 Å². The van der Waals surface area contributed by atoms with E-state index in [1.54, 1.807) is 11.3 Å². The first-order valence-electron chi connectivity index (χ1n) is 10.2. The van der Waals surface area contributed by atoms with E-state index in [4.69, 9.17) is 14.6 Å². The Morgan fingerprint density at radius 2 is 1.93 bits per heavy atom. The van der Waals surface area contributed by atoms with Gasteiger partial charge < -0.3 is 19.6 Å². The molecule has 0 aromatic carbocycles. The highest BCUT2D eigenvalue weighted by Gasteiger charge is 2.42. The molecule has 30 heavy (non-hydrogen) atoms. The van der Waals surface area contributed by atoms with Gasteiger partial charge in [0.1, 0.15) is 0 Å². The zero-order valence-electron chi connectivity index (χ0n) is 16.6. The summed E-state index contributed by atoms with van der Waals surface area (Å²) in [7, 11) is 0. The fraction of sp³-hybridized carbons (Fsp3) is 0.700. The third-order valence-corrected chi connectivity index (χ3v) is 6.82. The predicted molar refractivity (Wildman–Crippen MR) is 105 cm³/mol. The van der Waals surface area contributed by atoms with Gasteiger partial charge in [0.25, 0.3) is 0 Å². The number of carbonyl (C=O) groups excluding carboxylic acids is 1. The first-order chi connectivity index (χ1) is 14.2. The number of rotatable bonds is 4. The Balaban J connectivity index is 0.000000318. The second kappa shape index (κ2) is 10.1. The van der Waals surface area contributed by atoms with Crippen LogP contribution in [-0.4, -0.2) is 78.4 Å². The molecule has 0 unspecified atom stereocenters. The highest BCUT2D eigenvalue weighted by molar-refractivity contribution is 7.10. The number of fused-ring (bicyclic) bond motifs is 1. The first kappa shape index (κ1) is 23.0. The summed E-state index contributed by atoms with van der Waals surface area (Å²) in [6.45, 7) is 6.21. The monoisotopic (exact) mass is 448 g/mol. The number of carboxylic acid groups (broad SMARTS) is 1. The van der Waals surface area contributed by atoms with Crippen molar-refractivity contribution in [1.29, 1.82) is 0 Å². The minimum atomic E-state index is -5.08. The number of piperidine rings is 1. The zero-order valence-corrected chi connectivity index (χ0v) is 17.5. The molecule has 3 saturated heterocycles. The predicted octanol–water partition coefficient (Wildman–Crippen LogP) is 2.88. The van der Waals surface area contributed by atoms with Crippen molar-refractivity contribution in [3.63, 3.8) is 0 Å². The third-order valence-electron chi connectivity index (χ3n) is 5.95. The lowest BCUT2D eigenvalue weighted by Gasteiger charge is -2.36. The van der Waals surface area contributed by atoms with Gasteiger partial charge in [0.2, 0.25) is 5.91 Å². The maximum atomic E-state index is 12.6. The number of halogens is 3. The van der Waals surface area contributed by atoms with E-state index in [0.717, 1.165) is 32.7 Å². The fourth-order valence-corrected chi connectivity index (χ4v) is 5.03. The molecule has 4 heterocycles. The van der Waals surface area contributed by atoms with E-state index in [1.165, 1.54) is 30.8 Å². The minimum Gasteiger partial charge on any atom is -0.475 e. The molecule has 3 fully saturated rings. The minimum absolute atomic E-state index is 0.290. The van der Waals surface area contributed by atoms with E-state index in [1.807, 2.05) is 11.4 Å². The highest BCUT2D eigenvalue weighted by atomic mass is 32.1. The number of hydrogen-bond donors (Lipinski definition) is 1. The molecule has 3 atom stereocenters. The summed E-state index contributed by atoms with van der Waals surface area (Å²) >= 11 is 1.68. The van der Waals surface area contributed by atoms with E-state index < -0.39 is 12.1 Å². The molecule has 0 saturated carbocycles. The zero-order chi connectivity index (χ0) is 21.7. The van der Waals surface area contributed by atoms with Gasteiger partial charge in [-0.1, -0.05) is 6.07 Å². The number of carboxylic acids is 1. The fourth-order valence-electron chi connectivity index (χ4n) is 4.34. The van der Waals surface area contributed by atoms with Gasteiger partial charge in [0.15, 0.2) is 0 Å². The van der Waals surface area contributed by atoms with Crippen LogP contribution in [0.2, 0.25) is 0 Å². The van der Waals surface area contributed by atoms with Gasteiger partial charge in [0.05, 0.1) is 19.1 Å². The Morgan fingerprint density at radius 1 is 1.23 bits per heavy atom. The molecule has 1 N–H and O–H groups in total. The summed E-state index contributed by atoms with van der Waals surface area (Å²) in [5, 5.41) is 9.17. The molecule has 10 heteroatoms. The summed E-state index contributed by atoms with van der Waals surface area (Å²) in [5.41, 5.74) is 0. The summed E-state index contributed by atoms with van der Waals surface area (Å²) in [4.78, 5) is 27.3. The summed E-state index contributed by atoms with van der Waals surface area (Å²) in [5.74, 6) is -1.27. The number of aliphatic carboxylic acids is 1. The second-order valence-electron chi connectivity index (χ2n) is 7.99. The molecule has 6 nitrogen and oxygen atoms in total. The van der Waals surface area contributed by atoms with Gasteiger partial charge in [-0.05, 0) is 49.7 Å². The third kappa shape index (κ3) is 6.18. The van der Waals surface area contributed by atoms with Crippen LogP contribution in [0, 0.1) is 11.8 Å². The van der Waals surface area contributed by atoms with E-state index in [-0.39, 0.29) is 5.91 Å². The standard InChI is InChI=1S/C18H26N2O2S.C2HF3O2/c21-18(10-15-4-3-9-23-15)20-8-5-14-13-22-17(16(14)11-20)12-19-6-1-2-7-19;3-2(4,5)1(6)7/h3-4,9,14,16-17H,1-2,5-8,10-13H2;(H,6,7)/t14-,16-,17+;/m0./s1. The normalized spacial score (nSPS) is 26.8. The van der Waals surface area contributed by atoms with E-state index in [2.05, 4.69) is 15.9 Å². The van der Waals surface area contributed by atoms with Gasteiger partial charge in [0, 0.05) is 30.4 Å². The highest BCUT2D eigenvalue weighted by Crippen LogP contribution is 2.35. The lowest BCUT2D eigenvalue weighted by molar-refractivity contribution is -0.192. The number of likely N-dealkylation sites (tertiary alicyclic amines) is 2. The van der Waals surface area contributed by atoms with Crippen molar-refractivity contribution >= 4 is 23.2 Å². The van der Waals surface area contributed by atoms with Crippen molar-refractivity contribution in [3.05, 3.63) is 22.4 Å². The van der Waals surface area contributed by atoms with Crippen molar-refractivity contribution in [1.82, 2.24) is 9.80 Å². The average molecular weight is 449 g/mol. The van der Waals surface area contributed by atoms with Crippen LogP contribution in [0.5, 0.6) is 0 Å². The van der Waals surface area contributed by atoms with Crippen LogP contribution in [-0.2, 0) is 20.7 Å². The second-order valence-corrected chi connectivity index (χ2v) is 9.02. The Labute approximate surface area is 177 Å². The van der Waals surface area contributed by atoms with Crippen molar-refractivity contribution in [2.75, 3.05) is 39.3 Å². The van der Waals surface area contributed by atoms with E-state index in [0.29, 0.717) is 24.4 Å². The van der Waals surface area contributed by atoms with Gasteiger partial charge in [-0.3, -0.25) is 4.79 Å². The molecular formula is C20H27F3N2O4S. The molecule has 1 amide bonds. The van der Waals surface area contributed by atoms with E-state index in [9.17, 15) is 18.0 Å². The van der Waals surface area contributed by atoms with Crippen molar-refractivity contribution in [2.45, 2.75) is 38.0 Å². The molecule has 3 aliphatic rings. The molecule has 0 radical (unpaired) electrons. The average Bonchev–Trinajstić information content (AvgIpc) is 3.44. The largest absolute Gasteiger partial charge is 0.490 e. The Morgan fingerprint density at radius 3 is 2.53 bits per heavy atom. The van der Waals surface area contributed by atoms with Crippen LogP contribution in [0.15, 0.2) is 17.5 Å². The molecule has 1 aromatic heterocycles. The van der Waals surface area contributed by atoms with E-state index >= 15 is 0 Å². The molecule has 4 rings (SSSR count).